The second kappa shape index (κ2) is 4.79. The Morgan fingerprint density at radius 1 is 1.13 bits per heavy atom. The molecule has 0 aromatic carbocycles. The lowest BCUT2D eigenvalue weighted by Crippen LogP contribution is -2.38. The first-order valence-electron chi connectivity index (χ1n) is 5.58. The molecule has 0 aliphatic heterocycles. The van der Waals surface area contributed by atoms with Crippen molar-refractivity contribution in [1.82, 2.24) is 16.0 Å². The molecule has 0 unspecified atom stereocenters. The van der Waals surface area contributed by atoms with Gasteiger partial charge in [0.05, 0.1) is 0 Å². The molecule has 0 aromatic heterocycles. The van der Waals surface area contributed by atoms with Gasteiger partial charge in [-0.25, -0.2) is 0 Å². The van der Waals surface area contributed by atoms with Crippen LogP contribution in [0.25, 0.3) is 0 Å². The third kappa shape index (κ3) is 4.46. The van der Waals surface area contributed by atoms with Crippen LogP contribution in [-0.2, 0) is 4.79 Å². The topological polar surface area (TPSA) is 53.2 Å². The summed E-state index contributed by atoms with van der Waals surface area (Å²) in [7, 11) is 0. The smallest absolute Gasteiger partial charge is 0.221 e. The third-order valence-electron chi connectivity index (χ3n) is 2.49. The summed E-state index contributed by atoms with van der Waals surface area (Å²) in [5.41, 5.74) is 0. The maximum atomic E-state index is 11.3. The summed E-state index contributed by atoms with van der Waals surface area (Å²) in [6.07, 6.45) is 5.21. The van der Waals surface area contributed by atoms with Crippen LogP contribution in [0.2, 0.25) is 0 Å². The van der Waals surface area contributed by atoms with Crippen molar-refractivity contribution in [2.45, 2.75) is 44.2 Å². The van der Waals surface area contributed by atoms with E-state index in [1.807, 2.05) is 0 Å². The molecule has 0 heterocycles. The summed E-state index contributed by atoms with van der Waals surface area (Å²) in [4.78, 5) is 11.3. The SMILES string of the molecule is O=C(CCNC(=S)NC1CC1)NC1CC1. The molecule has 84 valence electrons. The number of carbonyl (C=O) groups is 1. The number of rotatable bonds is 5. The largest absolute Gasteiger partial charge is 0.362 e. The summed E-state index contributed by atoms with van der Waals surface area (Å²) in [6.45, 7) is 0.622. The number of hydrogen-bond acceptors (Lipinski definition) is 2. The van der Waals surface area contributed by atoms with E-state index in [1.165, 1.54) is 12.8 Å². The molecule has 15 heavy (non-hydrogen) atoms. The van der Waals surface area contributed by atoms with E-state index in [-0.39, 0.29) is 5.91 Å². The summed E-state index contributed by atoms with van der Waals surface area (Å²) >= 11 is 5.07. The highest BCUT2D eigenvalue weighted by molar-refractivity contribution is 7.80. The predicted octanol–water partition coefficient (Wildman–Crippen LogP) is 0.282. The minimum absolute atomic E-state index is 0.124. The molecule has 0 saturated heterocycles. The third-order valence-corrected chi connectivity index (χ3v) is 2.75. The Bertz CT molecular complexity index is 235. The van der Waals surface area contributed by atoms with E-state index in [1.54, 1.807) is 0 Å². The molecule has 2 rings (SSSR count). The van der Waals surface area contributed by atoms with Crippen molar-refractivity contribution in [2.24, 2.45) is 0 Å². The van der Waals surface area contributed by atoms with Gasteiger partial charge in [0.1, 0.15) is 0 Å². The van der Waals surface area contributed by atoms with E-state index < -0.39 is 0 Å². The van der Waals surface area contributed by atoms with Crippen LogP contribution in [0.4, 0.5) is 0 Å². The molecule has 2 aliphatic carbocycles. The molecule has 2 saturated carbocycles. The van der Waals surface area contributed by atoms with Gasteiger partial charge in [0.15, 0.2) is 5.11 Å². The number of nitrogens with one attached hydrogen (secondary N) is 3. The molecule has 1 amide bonds. The van der Waals surface area contributed by atoms with E-state index in [0.717, 1.165) is 12.8 Å². The highest BCUT2D eigenvalue weighted by Gasteiger charge is 2.23. The van der Waals surface area contributed by atoms with Crippen LogP contribution in [0.5, 0.6) is 0 Å². The standard InChI is InChI=1S/C10H17N3OS/c14-9(12-7-1-2-7)5-6-11-10(15)13-8-3-4-8/h7-8H,1-6H2,(H,12,14)(H2,11,13,15). The molecule has 0 aromatic rings. The minimum Gasteiger partial charge on any atom is -0.362 e. The molecule has 3 N–H and O–H groups in total. The van der Waals surface area contributed by atoms with Crippen molar-refractivity contribution in [3.63, 3.8) is 0 Å². The highest BCUT2D eigenvalue weighted by Crippen LogP contribution is 2.18. The molecule has 2 aliphatic rings. The zero-order valence-electron chi connectivity index (χ0n) is 8.71. The van der Waals surface area contributed by atoms with Crippen LogP contribution in [0.15, 0.2) is 0 Å². The van der Waals surface area contributed by atoms with Gasteiger partial charge in [-0.2, -0.15) is 0 Å². The van der Waals surface area contributed by atoms with Gasteiger partial charge < -0.3 is 16.0 Å². The Kier molecular flexibility index (Phi) is 3.41. The van der Waals surface area contributed by atoms with Crippen LogP contribution < -0.4 is 16.0 Å². The van der Waals surface area contributed by atoms with Crippen molar-refractivity contribution < 1.29 is 4.79 Å². The van der Waals surface area contributed by atoms with Crippen LogP contribution in [0.1, 0.15) is 32.1 Å². The molecule has 0 spiro atoms. The number of thiocarbonyl (C=S) groups is 1. The van der Waals surface area contributed by atoms with Gasteiger partial charge in [-0.1, -0.05) is 0 Å². The minimum atomic E-state index is 0.124. The molecule has 4 nitrogen and oxygen atoms in total. The van der Waals surface area contributed by atoms with Crippen molar-refractivity contribution in [3.05, 3.63) is 0 Å². The van der Waals surface area contributed by atoms with Gasteiger partial charge >= 0.3 is 0 Å². The Balaban J connectivity index is 1.48. The van der Waals surface area contributed by atoms with Crippen molar-refractivity contribution in [2.75, 3.05) is 6.54 Å². The quantitative estimate of drug-likeness (QED) is 0.591. The Hall–Kier alpha value is -0.840. The Morgan fingerprint density at radius 3 is 2.33 bits per heavy atom. The van der Waals surface area contributed by atoms with Crippen LogP contribution in [-0.4, -0.2) is 29.6 Å². The number of carbonyl (C=O) groups excluding carboxylic acids is 1. The van der Waals surface area contributed by atoms with Gasteiger partial charge in [-0.15, -0.1) is 0 Å². The second-order valence-electron chi connectivity index (χ2n) is 4.27. The van der Waals surface area contributed by atoms with Gasteiger partial charge in [0, 0.05) is 25.0 Å². The fraction of sp³-hybridized carbons (Fsp3) is 0.800. The van der Waals surface area contributed by atoms with E-state index >= 15 is 0 Å². The zero-order valence-corrected chi connectivity index (χ0v) is 9.53. The van der Waals surface area contributed by atoms with E-state index in [9.17, 15) is 4.79 Å². The highest BCUT2D eigenvalue weighted by atomic mass is 32.1. The van der Waals surface area contributed by atoms with Gasteiger partial charge in [0.2, 0.25) is 5.91 Å². The van der Waals surface area contributed by atoms with Gasteiger partial charge in [-0.3, -0.25) is 4.79 Å². The molecule has 0 radical (unpaired) electrons. The first kappa shape index (κ1) is 10.7. The van der Waals surface area contributed by atoms with Gasteiger partial charge in [-0.05, 0) is 37.9 Å². The monoisotopic (exact) mass is 227 g/mol. The second-order valence-corrected chi connectivity index (χ2v) is 4.67. The average Bonchev–Trinajstić information content (AvgIpc) is 2.99. The van der Waals surface area contributed by atoms with Gasteiger partial charge in [0.25, 0.3) is 0 Å². The summed E-state index contributed by atoms with van der Waals surface area (Å²) in [6, 6.07) is 1.03. The summed E-state index contributed by atoms with van der Waals surface area (Å²) in [5, 5.41) is 9.82. The summed E-state index contributed by atoms with van der Waals surface area (Å²) in [5.74, 6) is 0.124. The lowest BCUT2D eigenvalue weighted by molar-refractivity contribution is -0.121. The fourth-order valence-electron chi connectivity index (χ4n) is 1.28. The van der Waals surface area contributed by atoms with Crippen molar-refractivity contribution in [3.8, 4) is 0 Å². The maximum absolute atomic E-state index is 11.3. The molecule has 2 fully saturated rings. The van der Waals surface area contributed by atoms with E-state index in [0.29, 0.717) is 30.2 Å². The van der Waals surface area contributed by atoms with E-state index in [4.69, 9.17) is 12.2 Å². The average molecular weight is 227 g/mol. The summed E-state index contributed by atoms with van der Waals surface area (Å²) < 4.78 is 0. The molecular weight excluding hydrogens is 210 g/mol. The molecular formula is C10H17N3OS. The van der Waals surface area contributed by atoms with Crippen LogP contribution in [0.3, 0.4) is 0 Å². The van der Waals surface area contributed by atoms with E-state index in [2.05, 4.69) is 16.0 Å². The Morgan fingerprint density at radius 2 is 1.73 bits per heavy atom. The van der Waals surface area contributed by atoms with Crippen LogP contribution >= 0.6 is 12.2 Å². The Labute approximate surface area is 95.2 Å². The maximum Gasteiger partial charge on any atom is 0.221 e. The molecule has 0 atom stereocenters. The molecule has 0 bridgehead atoms. The van der Waals surface area contributed by atoms with Crippen LogP contribution in [0, 0.1) is 0 Å². The number of hydrogen-bond donors (Lipinski definition) is 3. The molecule has 5 heteroatoms. The predicted molar refractivity (Wildman–Crippen MR) is 62.5 cm³/mol. The van der Waals surface area contributed by atoms with Crippen molar-refractivity contribution in [1.29, 1.82) is 0 Å². The fourth-order valence-corrected chi connectivity index (χ4v) is 1.55. The van der Waals surface area contributed by atoms with Crippen molar-refractivity contribution >= 4 is 23.2 Å². The first-order valence-corrected chi connectivity index (χ1v) is 5.98. The number of amides is 1. The normalized spacial score (nSPS) is 19.5. The lowest BCUT2D eigenvalue weighted by Gasteiger charge is -2.09. The first-order chi connectivity index (χ1) is 7.24. The zero-order chi connectivity index (χ0) is 10.7. The lowest BCUT2D eigenvalue weighted by atomic mass is 10.4.